The summed E-state index contributed by atoms with van der Waals surface area (Å²) in [5.41, 5.74) is 2.62. The van der Waals surface area contributed by atoms with Gasteiger partial charge >= 0.3 is 5.97 Å². The number of carbonyl (C=O) groups is 3. The monoisotopic (exact) mass is 403 g/mol. The first-order chi connectivity index (χ1) is 14.5. The normalized spacial score (nSPS) is 14.1. The molecule has 1 heterocycles. The quantitative estimate of drug-likeness (QED) is 0.562. The molecule has 30 heavy (non-hydrogen) atoms. The minimum absolute atomic E-state index is 0.0475. The van der Waals surface area contributed by atoms with E-state index in [2.05, 4.69) is 15.6 Å². The number of para-hydroxylation sites is 1. The molecule has 1 saturated carbocycles. The Kier molecular flexibility index (Phi) is 5.43. The number of fused-ring (bicyclic) bond motifs is 1. The van der Waals surface area contributed by atoms with Crippen molar-refractivity contribution < 1.29 is 19.5 Å². The second-order valence-corrected chi connectivity index (χ2v) is 7.40. The number of nitrogens with one attached hydrogen (secondary N) is 2. The van der Waals surface area contributed by atoms with E-state index in [1.165, 1.54) is 0 Å². The lowest BCUT2D eigenvalue weighted by molar-refractivity contribution is -0.142. The SMILES string of the molecule is O=C(Nc1ccc(C[C@H](NC(=O)C2CC2)C(=O)O)cc1)c1ccnc2ccccc12. The first kappa shape index (κ1) is 19.6. The molecular weight excluding hydrogens is 382 g/mol. The van der Waals surface area contributed by atoms with E-state index >= 15 is 0 Å². The molecule has 1 aromatic heterocycles. The molecule has 1 fully saturated rings. The molecule has 7 nitrogen and oxygen atoms in total. The Morgan fingerprint density at radius 3 is 2.47 bits per heavy atom. The summed E-state index contributed by atoms with van der Waals surface area (Å²) in [6, 6.07) is 15.1. The molecular formula is C23H21N3O4. The molecule has 2 aromatic carbocycles. The third-order valence-electron chi connectivity index (χ3n) is 5.11. The van der Waals surface area contributed by atoms with Crippen molar-refractivity contribution in [3.05, 3.63) is 71.9 Å². The van der Waals surface area contributed by atoms with Crippen LogP contribution in [0.2, 0.25) is 0 Å². The predicted molar refractivity (Wildman–Crippen MR) is 112 cm³/mol. The second kappa shape index (κ2) is 8.32. The summed E-state index contributed by atoms with van der Waals surface area (Å²) in [4.78, 5) is 40.3. The first-order valence-electron chi connectivity index (χ1n) is 9.78. The molecule has 0 radical (unpaired) electrons. The number of carbonyl (C=O) groups excluding carboxylic acids is 2. The minimum Gasteiger partial charge on any atom is -0.480 e. The fraction of sp³-hybridized carbons (Fsp3) is 0.217. The van der Waals surface area contributed by atoms with Crippen LogP contribution in [0.1, 0.15) is 28.8 Å². The lowest BCUT2D eigenvalue weighted by Crippen LogP contribution is -2.43. The van der Waals surface area contributed by atoms with Gasteiger partial charge in [0.25, 0.3) is 5.91 Å². The fourth-order valence-corrected chi connectivity index (χ4v) is 3.29. The largest absolute Gasteiger partial charge is 0.480 e. The highest BCUT2D eigenvalue weighted by Gasteiger charge is 2.32. The summed E-state index contributed by atoms with van der Waals surface area (Å²) in [7, 11) is 0. The zero-order valence-corrected chi connectivity index (χ0v) is 16.2. The van der Waals surface area contributed by atoms with E-state index < -0.39 is 12.0 Å². The Balaban J connectivity index is 1.43. The van der Waals surface area contributed by atoms with Gasteiger partial charge in [0.1, 0.15) is 6.04 Å². The fourth-order valence-electron chi connectivity index (χ4n) is 3.29. The van der Waals surface area contributed by atoms with Crippen LogP contribution in [0.3, 0.4) is 0 Å². The van der Waals surface area contributed by atoms with Crippen LogP contribution in [-0.2, 0) is 16.0 Å². The van der Waals surface area contributed by atoms with Crippen molar-refractivity contribution in [2.24, 2.45) is 5.92 Å². The number of anilines is 1. The van der Waals surface area contributed by atoms with Gasteiger partial charge in [-0.3, -0.25) is 14.6 Å². The standard InChI is InChI=1S/C23H21N3O4/c27-21(15-7-8-15)26-20(23(29)30)13-14-5-9-16(10-6-14)25-22(28)18-11-12-24-19-4-2-1-3-17(18)19/h1-6,9-12,15,20H,7-8,13H2,(H,25,28)(H,26,27)(H,29,30)/t20-/m0/s1. The number of nitrogens with zero attached hydrogens (tertiary/aromatic N) is 1. The van der Waals surface area contributed by atoms with Crippen LogP contribution in [-0.4, -0.2) is 33.9 Å². The third-order valence-corrected chi connectivity index (χ3v) is 5.11. The Labute approximate surface area is 173 Å². The summed E-state index contributed by atoms with van der Waals surface area (Å²) in [5.74, 6) is -1.56. The number of hydrogen-bond donors (Lipinski definition) is 3. The maximum Gasteiger partial charge on any atom is 0.326 e. The maximum atomic E-state index is 12.7. The van der Waals surface area contributed by atoms with Crippen molar-refractivity contribution in [3.63, 3.8) is 0 Å². The van der Waals surface area contributed by atoms with Gasteiger partial charge in [-0.2, -0.15) is 0 Å². The number of hydrogen-bond acceptors (Lipinski definition) is 4. The number of rotatable bonds is 7. The van der Waals surface area contributed by atoms with Crippen LogP contribution >= 0.6 is 0 Å². The van der Waals surface area contributed by atoms with E-state index in [9.17, 15) is 19.5 Å². The molecule has 0 aliphatic heterocycles. The highest BCUT2D eigenvalue weighted by molar-refractivity contribution is 6.12. The predicted octanol–water partition coefficient (Wildman–Crippen LogP) is 3.01. The zero-order valence-electron chi connectivity index (χ0n) is 16.2. The van der Waals surface area contributed by atoms with Crippen molar-refractivity contribution in [2.75, 3.05) is 5.32 Å². The van der Waals surface area contributed by atoms with Gasteiger partial charge in [-0.25, -0.2) is 4.79 Å². The van der Waals surface area contributed by atoms with E-state index in [4.69, 9.17) is 0 Å². The number of carboxylic acid groups (broad SMARTS) is 1. The van der Waals surface area contributed by atoms with Gasteiger partial charge in [-0.05, 0) is 42.7 Å². The summed E-state index contributed by atoms with van der Waals surface area (Å²) < 4.78 is 0. The molecule has 1 atom stereocenters. The average molecular weight is 403 g/mol. The minimum atomic E-state index is -1.06. The maximum absolute atomic E-state index is 12.7. The molecule has 152 valence electrons. The summed E-state index contributed by atoms with van der Waals surface area (Å²) in [6.07, 6.45) is 3.41. The highest BCUT2D eigenvalue weighted by Crippen LogP contribution is 2.29. The van der Waals surface area contributed by atoms with Crippen LogP contribution in [0.25, 0.3) is 10.9 Å². The Morgan fingerprint density at radius 2 is 1.77 bits per heavy atom. The lowest BCUT2D eigenvalue weighted by atomic mass is 10.0. The average Bonchev–Trinajstić information content (AvgIpc) is 3.59. The number of aliphatic carboxylic acids is 1. The number of amides is 2. The van der Waals surface area contributed by atoms with E-state index in [1.807, 2.05) is 24.3 Å². The van der Waals surface area contributed by atoms with Gasteiger partial charge in [-0.15, -0.1) is 0 Å². The molecule has 4 rings (SSSR count). The van der Waals surface area contributed by atoms with Gasteiger partial charge in [0.05, 0.1) is 11.1 Å². The molecule has 0 unspecified atom stereocenters. The van der Waals surface area contributed by atoms with Crippen LogP contribution in [0.15, 0.2) is 60.8 Å². The molecule has 0 spiro atoms. The van der Waals surface area contributed by atoms with Gasteiger partial charge in [-0.1, -0.05) is 30.3 Å². The number of pyridine rings is 1. The molecule has 7 heteroatoms. The van der Waals surface area contributed by atoms with Gasteiger partial charge in [0.15, 0.2) is 0 Å². The second-order valence-electron chi connectivity index (χ2n) is 7.40. The van der Waals surface area contributed by atoms with Gasteiger partial charge in [0.2, 0.25) is 5.91 Å². The summed E-state index contributed by atoms with van der Waals surface area (Å²) in [6.45, 7) is 0. The van der Waals surface area contributed by atoms with Crippen molar-refractivity contribution >= 4 is 34.4 Å². The Morgan fingerprint density at radius 1 is 1.03 bits per heavy atom. The van der Waals surface area contributed by atoms with Crippen molar-refractivity contribution in [2.45, 2.75) is 25.3 Å². The molecule has 2 amide bonds. The first-order valence-corrected chi connectivity index (χ1v) is 9.78. The molecule has 3 N–H and O–H groups in total. The number of carboxylic acids is 1. The van der Waals surface area contributed by atoms with Gasteiger partial charge < -0.3 is 15.7 Å². The highest BCUT2D eigenvalue weighted by atomic mass is 16.4. The van der Waals surface area contributed by atoms with Gasteiger partial charge in [0, 0.05) is 29.6 Å². The van der Waals surface area contributed by atoms with Crippen LogP contribution in [0.5, 0.6) is 0 Å². The molecule has 0 bridgehead atoms. The molecule has 1 aliphatic carbocycles. The van der Waals surface area contributed by atoms with E-state index in [-0.39, 0.29) is 24.2 Å². The Hall–Kier alpha value is -3.74. The lowest BCUT2D eigenvalue weighted by Gasteiger charge is -2.15. The Bertz CT molecular complexity index is 1100. The smallest absolute Gasteiger partial charge is 0.326 e. The van der Waals surface area contributed by atoms with E-state index in [0.717, 1.165) is 29.3 Å². The van der Waals surface area contributed by atoms with E-state index in [0.29, 0.717) is 11.3 Å². The molecule has 3 aromatic rings. The topological polar surface area (TPSA) is 108 Å². The summed E-state index contributed by atoms with van der Waals surface area (Å²) >= 11 is 0. The van der Waals surface area contributed by atoms with Crippen molar-refractivity contribution in [1.29, 1.82) is 0 Å². The molecule has 0 saturated heterocycles. The van der Waals surface area contributed by atoms with Crippen LogP contribution in [0.4, 0.5) is 5.69 Å². The van der Waals surface area contributed by atoms with Crippen molar-refractivity contribution in [1.82, 2.24) is 10.3 Å². The van der Waals surface area contributed by atoms with E-state index in [1.54, 1.807) is 36.5 Å². The zero-order chi connectivity index (χ0) is 21.1. The summed E-state index contributed by atoms with van der Waals surface area (Å²) in [5, 5.41) is 15.6. The number of aromatic nitrogens is 1. The van der Waals surface area contributed by atoms with Crippen LogP contribution < -0.4 is 10.6 Å². The van der Waals surface area contributed by atoms with Crippen molar-refractivity contribution in [3.8, 4) is 0 Å². The van der Waals surface area contributed by atoms with Crippen LogP contribution in [0, 0.1) is 5.92 Å². The molecule has 1 aliphatic rings. The number of benzene rings is 2. The third kappa shape index (κ3) is 4.46.